The van der Waals surface area contributed by atoms with Crippen molar-refractivity contribution >= 4 is 21.8 Å². The van der Waals surface area contributed by atoms with Crippen molar-refractivity contribution in [2.24, 2.45) is 5.73 Å². The van der Waals surface area contributed by atoms with Crippen LogP contribution in [-0.4, -0.2) is 27.7 Å². The molecule has 1 aromatic carbocycles. The number of para-hydroxylation sites is 1. The minimum absolute atomic E-state index is 0.0147. The Labute approximate surface area is 98.8 Å². The number of primary amides is 1. The number of nitrogens with two attached hydrogens (primary N) is 2. The first-order valence-corrected chi connectivity index (χ1v) is 6.18. The largest absolute Gasteiger partial charge is 0.448 e. The highest BCUT2D eigenvalue weighted by atomic mass is 32.2. The number of nitrogens with one attached hydrogen (secondary N) is 1. The van der Waals surface area contributed by atoms with Gasteiger partial charge in [0.05, 0.1) is 5.69 Å². The fourth-order valence-corrected chi connectivity index (χ4v) is 2.27. The van der Waals surface area contributed by atoms with Crippen molar-refractivity contribution in [2.45, 2.75) is 4.90 Å². The first kappa shape index (κ1) is 13.3. The minimum atomic E-state index is -3.70. The lowest BCUT2D eigenvalue weighted by Gasteiger charge is -2.08. The average Bonchev–Trinajstić information content (AvgIpc) is 2.24. The van der Waals surface area contributed by atoms with Crippen LogP contribution in [-0.2, 0) is 14.8 Å². The Morgan fingerprint density at radius 2 is 2.00 bits per heavy atom. The summed E-state index contributed by atoms with van der Waals surface area (Å²) in [6.45, 7) is -0.207. The van der Waals surface area contributed by atoms with Gasteiger partial charge in [0.1, 0.15) is 11.5 Å². The SMILES string of the molecule is NC(=O)OCCNS(=O)(=O)c1ccccc1N. The maximum absolute atomic E-state index is 11.7. The van der Waals surface area contributed by atoms with Gasteiger partial charge >= 0.3 is 6.09 Å². The molecule has 94 valence electrons. The van der Waals surface area contributed by atoms with E-state index in [4.69, 9.17) is 11.5 Å². The number of benzene rings is 1. The van der Waals surface area contributed by atoms with E-state index < -0.39 is 16.1 Å². The molecule has 0 unspecified atom stereocenters. The van der Waals surface area contributed by atoms with Crippen LogP contribution in [0, 0.1) is 0 Å². The zero-order chi connectivity index (χ0) is 12.9. The van der Waals surface area contributed by atoms with Crippen LogP contribution >= 0.6 is 0 Å². The lowest BCUT2D eigenvalue weighted by atomic mass is 10.3. The molecule has 0 bridgehead atoms. The van der Waals surface area contributed by atoms with Crippen LogP contribution in [0.5, 0.6) is 0 Å². The van der Waals surface area contributed by atoms with Gasteiger partial charge in [0, 0.05) is 6.54 Å². The van der Waals surface area contributed by atoms with Gasteiger partial charge in [-0.25, -0.2) is 17.9 Å². The molecule has 1 amide bonds. The molecule has 0 heterocycles. The topological polar surface area (TPSA) is 125 Å². The van der Waals surface area contributed by atoms with E-state index in [-0.39, 0.29) is 23.7 Å². The maximum atomic E-state index is 11.7. The molecule has 8 heteroatoms. The van der Waals surface area contributed by atoms with E-state index in [9.17, 15) is 13.2 Å². The molecule has 0 aliphatic carbocycles. The standard InChI is InChI=1S/C9H13N3O4S/c10-7-3-1-2-4-8(7)17(14,15)12-5-6-16-9(11)13/h1-4,12H,5-6,10H2,(H2,11,13). The first-order chi connectivity index (χ1) is 7.93. The normalized spacial score (nSPS) is 11.1. The highest BCUT2D eigenvalue weighted by Crippen LogP contribution is 2.16. The van der Waals surface area contributed by atoms with Gasteiger partial charge in [-0.2, -0.15) is 0 Å². The Morgan fingerprint density at radius 1 is 1.35 bits per heavy atom. The Balaban J connectivity index is 2.64. The number of ether oxygens (including phenoxy) is 1. The highest BCUT2D eigenvalue weighted by Gasteiger charge is 2.15. The van der Waals surface area contributed by atoms with Gasteiger partial charge in [0.2, 0.25) is 10.0 Å². The van der Waals surface area contributed by atoms with E-state index in [2.05, 4.69) is 9.46 Å². The summed E-state index contributed by atoms with van der Waals surface area (Å²) in [6.07, 6.45) is -0.955. The summed E-state index contributed by atoms with van der Waals surface area (Å²) in [6, 6.07) is 6.05. The molecule has 0 aromatic heterocycles. The summed E-state index contributed by atoms with van der Waals surface area (Å²) in [7, 11) is -3.70. The van der Waals surface area contributed by atoms with Crippen LogP contribution < -0.4 is 16.2 Å². The second-order valence-corrected chi connectivity index (χ2v) is 4.84. The van der Waals surface area contributed by atoms with Crippen molar-refractivity contribution in [3.05, 3.63) is 24.3 Å². The van der Waals surface area contributed by atoms with Gasteiger partial charge in [0.15, 0.2) is 0 Å². The molecule has 0 aliphatic heterocycles. The Hall–Kier alpha value is -1.80. The number of sulfonamides is 1. The number of rotatable bonds is 5. The fourth-order valence-electron chi connectivity index (χ4n) is 1.13. The molecule has 1 aromatic rings. The molecule has 1 rings (SSSR count). The lowest BCUT2D eigenvalue weighted by molar-refractivity contribution is 0.159. The summed E-state index contributed by atoms with van der Waals surface area (Å²) in [5.74, 6) is 0. The van der Waals surface area contributed by atoms with Crippen LogP contribution in [0.25, 0.3) is 0 Å². The minimum Gasteiger partial charge on any atom is -0.448 e. The molecule has 0 atom stereocenters. The monoisotopic (exact) mass is 259 g/mol. The lowest BCUT2D eigenvalue weighted by Crippen LogP contribution is -2.29. The predicted molar refractivity (Wildman–Crippen MR) is 61.6 cm³/mol. The summed E-state index contributed by atoms with van der Waals surface area (Å²) in [5.41, 5.74) is 10.4. The maximum Gasteiger partial charge on any atom is 0.404 e. The molecule has 0 saturated carbocycles. The summed E-state index contributed by atoms with van der Waals surface area (Å²) in [5, 5.41) is 0. The van der Waals surface area contributed by atoms with E-state index in [0.29, 0.717) is 0 Å². The number of carbonyl (C=O) groups excluding carboxylic acids is 1. The molecule has 5 N–H and O–H groups in total. The third-order valence-corrected chi connectivity index (χ3v) is 3.38. The molecule has 0 saturated heterocycles. The highest BCUT2D eigenvalue weighted by molar-refractivity contribution is 7.89. The van der Waals surface area contributed by atoms with Gasteiger partial charge in [0.25, 0.3) is 0 Å². The molecular weight excluding hydrogens is 246 g/mol. The van der Waals surface area contributed by atoms with E-state index >= 15 is 0 Å². The first-order valence-electron chi connectivity index (χ1n) is 4.70. The fraction of sp³-hybridized carbons (Fsp3) is 0.222. The van der Waals surface area contributed by atoms with Crippen LogP contribution in [0.4, 0.5) is 10.5 Å². The summed E-state index contributed by atoms with van der Waals surface area (Å²) in [4.78, 5) is 10.2. The third kappa shape index (κ3) is 3.93. The number of hydrogen-bond acceptors (Lipinski definition) is 5. The molecule has 0 aliphatic rings. The third-order valence-electron chi connectivity index (χ3n) is 1.85. The molecule has 0 fully saturated rings. The van der Waals surface area contributed by atoms with Gasteiger partial charge in [-0.3, -0.25) is 0 Å². The number of nitrogen functional groups attached to an aromatic ring is 1. The number of hydrogen-bond donors (Lipinski definition) is 3. The van der Waals surface area contributed by atoms with Gasteiger partial charge in [-0.05, 0) is 12.1 Å². The van der Waals surface area contributed by atoms with Crippen LogP contribution in [0.1, 0.15) is 0 Å². The van der Waals surface area contributed by atoms with Crippen LogP contribution in [0.3, 0.4) is 0 Å². The molecular formula is C9H13N3O4S. The van der Waals surface area contributed by atoms with Crippen LogP contribution in [0.15, 0.2) is 29.2 Å². The molecule has 0 spiro atoms. The van der Waals surface area contributed by atoms with Gasteiger partial charge in [-0.1, -0.05) is 12.1 Å². The van der Waals surface area contributed by atoms with E-state index in [1.807, 2.05) is 0 Å². The van der Waals surface area contributed by atoms with Crippen molar-refractivity contribution in [1.29, 1.82) is 0 Å². The number of amides is 1. The van der Waals surface area contributed by atoms with Crippen molar-refractivity contribution in [2.75, 3.05) is 18.9 Å². The van der Waals surface area contributed by atoms with E-state index in [0.717, 1.165) is 0 Å². The van der Waals surface area contributed by atoms with E-state index in [1.165, 1.54) is 12.1 Å². The van der Waals surface area contributed by atoms with Crippen LogP contribution in [0.2, 0.25) is 0 Å². The molecule has 7 nitrogen and oxygen atoms in total. The van der Waals surface area contributed by atoms with Crippen molar-refractivity contribution in [1.82, 2.24) is 4.72 Å². The summed E-state index contributed by atoms with van der Waals surface area (Å²) < 4.78 is 30.1. The molecule has 17 heavy (non-hydrogen) atoms. The van der Waals surface area contributed by atoms with E-state index in [1.54, 1.807) is 12.1 Å². The average molecular weight is 259 g/mol. The van der Waals surface area contributed by atoms with Crippen molar-refractivity contribution in [3.63, 3.8) is 0 Å². The second-order valence-electron chi connectivity index (χ2n) is 3.10. The Kier molecular flexibility index (Phi) is 4.30. The predicted octanol–water partition coefficient (Wildman–Crippen LogP) is -0.358. The molecule has 0 radical (unpaired) electrons. The zero-order valence-corrected chi connectivity index (χ0v) is 9.74. The number of carbonyl (C=O) groups is 1. The second kappa shape index (κ2) is 5.51. The Morgan fingerprint density at radius 3 is 2.59 bits per heavy atom. The summed E-state index contributed by atoms with van der Waals surface area (Å²) >= 11 is 0. The smallest absolute Gasteiger partial charge is 0.404 e. The van der Waals surface area contributed by atoms with Gasteiger partial charge in [-0.15, -0.1) is 0 Å². The quantitative estimate of drug-likeness (QED) is 0.492. The number of anilines is 1. The van der Waals surface area contributed by atoms with Gasteiger partial charge < -0.3 is 16.2 Å². The van der Waals surface area contributed by atoms with Crippen molar-refractivity contribution in [3.8, 4) is 0 Å². The van der Waals surface area contributed by atoms with Crippen molar-refractivity contribution < 1.29 is 17.9 Å². The zero-order valence-electron chi connectivity index (χ0n) is 8.92. The Bertz CT molecular complexity index is 501.